The summed E-state index contributed by atoms with van der Waals surface area (Å²) in [6, 6.07) is -3.77. The second-order valence-corrected chi connectivity index (χ2v) is 9.03. The van der Waals surface area contributed by atoms with Crippen LogP contribution in [0.15, 0.2) is 0 Å². The zero-order valence-corrected chi connectivity index (χ0v) is 20.8. The zero-order valence-electron chi connectivity index (χ0n) is 19.1. The molecule has 0 aromatic heterocycles. The third kappa shape index (κ3) is 11.4. The third-order valence-corrected chi connectivity index (χ3v) is 6.19. The molecule has 0 aromatic carbocycles. The van der Waals surface area contributed by atoms with Gasteiger partial charge in [-0.3, -0.25) is 14.4 Å². The van der Waals surface area contributed by atoms with E-state index < -0.39 is 47.9 Å². The number of nitrogens with one attached hydrogen (secondary N) is 3. The van der Waals surface area contributed by atoms with Crippen LogP contribution < -0.4 is 27.4 Å². The van der Waals surface area contributed by atoms with Gasteiger partial charge >= 0.3 is 5.97 Å². The van der Waals surface area contributed by atoms with Crippen molar-refractivity contribution in [2.24, 2.45) is 17.4 Å². The monoisotopic (exact) mass is 493 g/mol. The number of carbonyl (C=O) groups excluding carboxylic acids is 3. The van der Waals surface area contributed by atoms with E-state index >= 15 is 0 Å². The Morgan fingerprint density at radius 1 is 0.969 bits per heavy atom. The van der Waals surface area contributed by atoms with Gasteiger partial charge in [0.2, 0.25) is 17.7 Å². The fourth-order valence-electron chi connectivity index (χ4n) is 2.77. The minimum absolute atomic E-state index is 0.0124. The van der Waals surface area contributed by atoms with Gasteiger partial charge in [0.15, 0.2) is 0 Å². The van der Waals surface area contributed by atoms with Crippen molar-refractivity contribution in [1.82, 2.24) is 16.0 Å². The van der Waals surface area contributed by atoms with E-state index in [-0.39, 0.29) is 18.1 Å². The van der Waals surface area contributed by atoms with Crippen molar-refractivity contribution in [2.75, 3.05) is 24.3 Å². The first-order valence-corrected chi connectivity index (χ1v) is 12.8. The van der Waals surface area contributed by atoms with Crippen LogP contribution in [0.1, 0.15) is 46.0 Å². The van der Waals surface area contributed by atoms with Crippen LogP contribution in [-0.2, 0) is 19.2 Å². The number of unbranched alkanes of at least 4 members (excludes halogenated alkanes) is 1. The van der Waals surface area contributed by atoms with Crippen LogP contribution in [0.3, 0.4) is 0 Å². The molecule has 0 rings (SSSR count). The average Bonchev–Trinajstić information content (AvgIpc) is 2.77. The van der Waals surface area contributed by atoms with Gasteiger partial charge in [-0.1, -0.05) is 20.3 Å². The molecule has 12 heteroatoms. The van der Waals surface area contributed by atoms with Crippen LogP contribution in [-0.4, -0.2) is 77.3 Å². The third-order valence-electron chi connectivity index (χ3n) is 5.18. The zero-order chi connectivity index (χ0) is 24.7. The lowest BCUT2D eigenvalue weighted by Gasteiger charge is -2.25. The van der Waals surface area contributed by atoms with Gasteiger partial charge in [0.25, 0.3) is 0 Å². The maximum atomic E-state index is 12.8. The van der Waals surface area contributed by atoms with Crippen LogP contribution >= 0.6 is 24.4 Å². The highest BCUT2D eigenvalue weighted by atomic mass is 32.2. The number of carboxylic acids is 1. The molecule has 0 radical (unpaired) electrons. The Bertz CT molecular complexity index is 611. The molecule has 0 heterocycles. The standard InChI is InChI=1S/C20H39N5O5S2/c1-4-12(2)16(22)19(28)25-15(11-31)18(27)23-13(8-10-32-3)17(26)24-14(20(29)30)7-5-6-9-21/h12-16,31H,4-11,21-22H2,1-3H3,(H,23,27)(H,24,26)(H,25,28)(H,29,30). The van der Waals surface area contributed by atoms with Crippen LogP contribution in [0.5, 0.6) is 0 Å². The molecule has 0 aliphatic carbocycles. The van der Waals surface area contributed by atoms with Gasteiger partial charge in [-0.2, -0.15) is 24.4 Å². The highest BCUT2D eigenvalue weighted by Crippen LogP contribution is 2.07. The molecular formula is C20H39N5O5S2. The van der Waals surface area contributed by atoms with Gasteiger partial charge in [-0.05, 0) is 50.2 Å². The first kappa shape index (κ1) is 30.5. The lowest BCUT2D eigenvalue weighted by Crippen LogP contribution is -2.58. The van der Waals surface area contributed by atoms with Crippen molar-refractivity contribution >= 4 is 48.1 Å². The molecule has 5 unspecified atom stereocenters. The maximum absolute atomic E-state index is 12.8. The molecule has 5 atom stereocenters. The number of hydrogen-bond acceptors (Lipinski definition) is 8. The number of carboxylic acid groups (broad SMARTS) is 1. The van der Waals surface area contributed by atoms with Crippen LogP contribution in [0.25, 0.3) is 0 Å². The predicted molar refractivity (Wildman–Crippen MR) is 131 cm³/mol. The summed E-state index contributed by atoms with van der Waals surface area (Å²) in [5.41, 5.74) is 11.4. The number of thioether (sulfide) groups is 1. The van der Waals surface area contributed by atoms with Gasteiger partial charge in [0.05, 0.1) is 6.04 Å². The second kappa shape index (κ2) is 17.0. The topological polar surface area (TPSA) is 177 Å². The van der Waals surface area contributed by atoms with Crippen molar-refractivity contribution in [3.8, 4) is 0 Å². The van der Waals surface area contributed by atoms with E-state index in [1.165, 1.54) is 11.8 Å². The Morgan fingerprint density at radius 2 is 1.53 bits per heavy atom. The largest absolute Gasteiger partial charge is 0.480 e. The van der Waals surface area contributed by atoms with E-state index in [0.29, 0.717) is 38.0 Å². The summed E-state index contributed by atoms with van der Waals surface area (Å²) in [4.78, 5) is 49.3. The lowest BCUT2D eigenvalue weighted by atomic mass is 9.99. The van der Waals surface area contributed by atoms with Crippen molar-refractivity contribution in [2.45, 2.75) is 70.1 Å². The maximum Gasteiger partial charge on any atom is 0.326 e. The van der Waals surface area contributed by atoms with Crippen LogP contribution in [0, 0.1) is 5.92 Å². The lowest BCUT2D eigenvalue weighted by molar-refractivity contribution is -0.142. The fourth-order valence-corrected chi connectivity index (χ4v) is 3.50. The van der Waals surface area contributed by atoms with E-state index in [0.717, 1.165) is 0 Å². The molecule has 0 fully saturated rings. The van der Waals surface area contributed by atoms with E-state index in [9.17, 15) is 24.3 Å². The molecule has 0 aliphatic heterocycles. The minimum Gasteiger partial charge on any atom is -0.480 e. The van der Waals surface area contributed by atoms with Gasteiger partial charge in [-0.15, -0.1) is 0 Å². The smallest absolute Gasteiger partial charge is 0.326 e. The molecule has 0 saturated carbocycles. The summed E-state index contributed by atoms with van der Waals surface area (Å²) in [5.74, 6) is -2.27. The Morgan fingerprint density at radius 3 is 2.03 bits per heavy atom. The SMILES string of the molecule is CCC(C)C(N)C(=O)NC(CS)C(=O)NC(CCSC)C(=O)NC(CCCCN)C(=O)O. The van der Waals surface area contributed by atoms with Crippen molar-refractivity contribution in [3.05, 3.63) is 0 Å². The molecule has 0 spiro atoms. The number of nitrogens with two attached hydrogens (primary N) is 2. The van der Waals surface area contributed by atoms with Crippen LogP contribution in [0.2, 0.25) is 0 Å². The number of rotatable bonds is 17. The quantitative estimate of drug-likeness (QED) is 0.107. The molecule has 32 heavy (non-hydrogen) atoms. The minimum atomic E-state index is -1.15. The van der Waals surface area contributed by atoms with Gasteiger partial charge in [0.1, 0.15) is 18.1 Å². The Balaban J connectivity index is 5.20. The highest BCUT2D eigenvalue weighted by molar-refractivity contribution is 7.98. The summed E-state index contributed by atoms with van der Waals surface area (Å²) >= 11 is 5.63. The van der Waals surface area contributed by atoms with Crippen molar-refractivity contribution in [3.63, 3.8) is 0 Å². The van der Waals surface area contributed by atoms with Crippen LogP contribution in [0.4, 0.5) is 0 Å². The summed E-state index contributed by atoms with van der Waals surface area (Å²) in [5, 5.41) is 17.1. The van der Waals surface area contributed by atoms with E-state index in [1.807, 2.05) is 20.1 Å². The molecule has 0 aliphatic rings. The van der Waals surface area contributed by atoms with E-state index in [1.54, 1.807) is 0 Å². The van der Waals surface area contributed by atoms with Gasteiger partial charge in [-0.25, -0.2) is 4.79 Å². The molecule has 0 aromatic rings. The number of thiol groups is 1. The predicted octanol–water partition coefficient (Wildman–Crippen LogP) is -0.289. The second-order valence-electron chi connectivity index (χ2n) is 7.68. The summed E-state index contributed by atoms with van der Waals surface area (Å²) in [6.45, 7) is 4.19. The molecule has 0 bridgehead atoms. The highest BCUT2D eigenvalue weighted by Gasteiger charge is 2.30. The number of hydrogen-bond donors (Lipinski definition) is 7. The summed E-state index contributed by atoms with van der Waals surface area (Å²) in [6.07, 6.45) is 4.31. The molecule has 0 saturated heterocycles. The first-order chi connectivity index (χ1) is 15.1. The molecular weight excluding hydrogens is 454 g/mol. The molecule has 10 nitrogen and oxygen atoms in total. The van der Waals surface area contributed by atoms with Gasteiger partial charge < -0.3 is 32.5 Å². The molecule has 186 valence electrons. The molecule has 3 amide bonds. The van der Waals surface area contributed by atoms with E-state index in [2.05, 4.69) is 28.6 Å². The fraction of sp³-hybridized carbons (Fsp3) is 0.800. The Kier molecular flexibility index (Phi) is 16.2. The summed E-state index contributed by atoms with van der Waals surface area (Å²) < 4.78 is 0. The average molecular weight is 494 g/mol. The number of aliphatic carboxylic acids is 1. The Labute approximate surface area is 200 Å². The normalized spacial score (nSPS) is 15.7. The number of carbonyl (C=O) groups is 4. The number of amides is 3. The van der Waals surface area contributed by atoms with Gasteiger partial charge in [0, 0.05) is 5.75 Å². The van der Waals surface area contributed by atoms with E-state index in [4.69, 9.17) is 11.5 Å². The first-order valence-electron chi connectivity index (χ1n) is 10.8. The summed E-state index contributed by atoms with van der Waals surface area (Å²) in [7, 11) is 0. The van der Waals surface area contributed by atoms with Crippen molar-refractivity contribution in [1.29, 1.82) is 0 Å². The Hall–Kier alpha value is -1.50. The van der Waals surface area contributed by atoms with Crippen molar-refractivity contribution < 1.29 is 24.3 Å². The molecule has 8 N–H and O–H groups in total.